The van der Waals surface area contributed by atoms with Crippen molar-refractivity contribution in [3.63, 3.8) is 0 Å². The highest BCUT2D eigenvalue weighted by Gasteiger charge is 2.33. The Hall–Kier alpha value is -3.33. The molecule has 4 aromatic heterocycles. The van der Waals surface area contributed by atoms with Crippen molar-refractivity contribution in [1.29, 1.82) is 0 Å². The summed E-state index contributed by atoms with van der Waals surface area (Å²) in [4.78, 5) is 27.9. The van der Waals surface area contributed by atoms with Gasteiger partial charge in [-0.1, -0.05) is 0 Å². The Labute approximate surface area is 168 Å². The zero-order valence-corrected chi connectivity index (χ0v) is 16.6. The molecule has 0 spiro atoms. The maximum atomic E-state index is 4.90. The van der Waals surface area contributed by atoms with E-state index in [-0.39, 0.29) is 12.1 Å². The number of anilines is 1. The monoisotopic (exact) mass is 389 g/mol. The number of hydrogen-bond acceptors (Lipinski definition) is 7. The van der Waals surface area contributed by atoms with E-state index in [2.05, 4.69) is 49.0 Å². The molecule has 5 heterocycles. The lowest BCUT2D eigenvalue weighted by Gasteiger charge is -2.43. The molecular weight excluding hydrogens is 366 g/mol. The Morgan fingerprint density at radius 1 is 1.10 bits per heavy atom. The van der Waals surface area contributed by atoms with Gasteiger partial charge in [0.25, 0.3) is 0 Å². The molecule has 1 aliphatic heterocycles. The molecule has 1 aliphatic rings. The summed E-state index contributed by atoms with van der Waals surface area (Å²) in [5.41, 5.74) is 3.63. The van der Waals surface area contributed by atoms with Crippen molar-refractivity contribution in [2.75, 3.05) is 11.4 Å². The number of aryl methyl sites for hydroxylation is 1. The molecule has 0 amide bonds. The fourth-order valence-corrected chi connectivity index (χ4v) is 4.01. The van der Waals surface area contributed by atoms with E-state index in [4.69, 9.17) is 4.98 Å². The van der Waals surface area contributed by atoms with E-state index in [1.165, 1.54) is 0 Å². The van der Waals surface area contributed by atoms with Crippen LogP contribution in [-0.4, -0.2) is 52.9 Å². The molecule has 0 aromatic carbocycles. The number of nitrogens with one attached hydrogen (secondary N) is 2. The van der Waals surface area contributed by atoms with Crippen LogP contribution in [0, 0.1) is 6.92 Å². The minimum Gasteiger partial charge on any atom is -0.350 e. The molecule has 1 saturated heterocycles. The highest BCUT2D eigenvalue weighted by atomic mass is 15.3. The minimum absolute atomic E-state index is 0.143. The van der Waals surface area contributed by atoms with E-state index in [9.17, 15) is 0 Å². The summed E-state index contributed by atoms with van der Waals surface area (Å²) in [5.74, 6) is 1.55. The molecule has 2 N–H and O–H groups in total. The number of hydrogen-bond donors (Lipinski definition) is 2. The van der Waals surface area contributed by atoms with E-state index in [0.29, 0.717) is 11.9 Å². The Morgan fingerprint density at radius 2 is 2.00 bits per heavy atom. The van der Waals surface area contributed by atoms with Crippen LogP contribution in [0.4, 0.5) is 5.82 Å². The van der Waals surface area contributed by atoms with Crippen LogP contribution < -0.4 is 10.2 Å². The molecule has 4 aromatic rings. The number of aromatic nitrogens is 7. The maximum absolute atomic E-state index is 4.90. The molecule has 0 bridgehead atoms. The van der Waals surface area contributed by atoms with Crippen LogP contribution in [0.1, 0.15) is 31.3 Å². The summed E-state index contributed by atoms with van der Waals surface area (Å²) < 4.78 is 1.98. The van der Waals surface area contributed by atoms with Crippen molar-refractivity contribution < 1.29 is 0 Å². The Balaban J connectivity index is 1.52. The lowest BCUT2D eigenvalue weighted by molar-refractivity contribution is 0.328. The van der Waals surface area contributed by atoms with Crippen molar-refractivity contribution in [2.45, 2.75) is 38.9 Å². The second-order valence-corrected chi connectivity index (χ2v) is 7.58. The van der Waals surface area contributed by atoms with Gasteiger partial charge in [-0.05, 0) is 26.8 Å². The van der Waals surface area contributed by atoms with Gasteiger partial charge >= 0.3 is 0 Å². The molecule has 29 heavy (non-hydrogen) atoms. The van der Waals surface area contributed by atoms with Crippen LogP contribution in [0.2, 0.25) is 0 Å². The molecule has 5 rings (SSSR count). The van der Waals surface area contributed by atoms with Gasteiger partial charge in [0.15, 0.2) is 11.5 Å². The summed E-state index contributed by atoms with van der Waals surface area (Å²) in [6, 6.07) is 2.62. The van der Waals surface area contributed by atoms with Gasteiger partial charge in [-0.3, -0.25) is 9.38 Å². The van der Waals surface area contributed by atoms with Crippen molar-refractivity contribution in [3.8, 4) is 11.5 Å². The van der Waals surface area contributed by atoms with E-state index in [0.717, 1.165) is 35.1 Å². The second kappa shape index (κ2) is 6.93. The van der Waals surface area contributed by atoms with Gasteiger partial charge in [-0.25, -0.2) is 19.9 Å². The minimum atomic E-state index is 0.143. The molecule has 0 saturated carbocycles. The molecule has 1 fully saturated rings. The zero-order chi connectivity index (χ0) is 20.0. The molecule has 3 atom stereocenters. The highest BCUT2D eigenvalue weighted by molar-refractivity contribution is 5.58. The van der Waals surface area contributed by atoms with Gasteiger partial charge in [0, 0.05) is 37.2 Å². The summed E-state index contributed by atoms with van der Waals surface area (Å²) >= 11 is 0. The molecule has 0 aliphatic carbocycles. The third-order valence-corrected chi connectivity index (χ3v) is 5.45. The van der Waals surface area contributed by atoms with Gasteiger partial charge in [0.05, 0.1) is 36.2 Å². The predicted octanol–water partition coefficient (Wildman–Crippen LogP) is 2.15. The quantitative estimate of drug-likeness (QED) is 0.554. The van der Waals surface area contributed by atoms with Crippen molar-refractivity contribution in [3.05, 3.63) is 54.8 Å². The largest absolute Gasteiger partial charge is 0.350 e. The standard InChI is InChI=1S/C20H23N9/c1-12-9-29-16(7-24-18(29)8-23-12)20-22-5-4-17(27-20)28-10-13(2)26-19(14(28)3)15-6-21-11-25-15/h4-9,11,13-14,19,26H,10H2,1-3H3,(H,21,25). The molecular formula is C20H23N9. The number of piperazine rings is 1. The Kier molecular flexibility index (Phi) is 4.24. The number of nitrogens with zero attached hydrogens (tertiary/aromatic N) is 7. The van der Waals surface area contributed by atoms with Gasteiger partial charge in [0.2, 0.25) is 0 Å². The number of aromatic amines is 1. The molecule has 148 valence electrons. The first-order chi connectivity index (χ1) is 14.1. The Morgan fingerprint density at radius 3 is 2.83 bits per heavy atom. The van der Waals surface area contributed by atoms with Crippen LogP contribution >= 0.6 is 0 Å². The van der Waals surface area contributed by atoms with Gasteiger partial charge in [0.1, 0.15) is 11.5 Å². The SMILES string of the molecule is Cc1cn2c(-c3nccc(N4CC(C)NC(c5cnc[nH]5)C4C)n3)cnc2cn1. The van der Waals surface area contributed by atoms with Crippen molar-refractivity contribution in [2.24, 2.45) is 0 Å². The number of fused-ring (bicyclic) bond motifs is 1. The fourth-order valence-electron chi connectivity index (χ4n) is 4.01. The summed E-state index contributed by atoms with van der Waals surface area (Å²) in [6.45, 7) is 7.21. The van der Waals surface area contributed by atoms with Gasteiger partial charge in [-0.2, -0.15) is 0 Å². The van der Waals surface area contributed by atoms with Crippen LogP contribution in [-0.2, 0) is 0 Å². The van der Waals surface area contributed by atoms with Gasteiger partial charge in [-0.15, -0.1) is 0 Å². The average molecular weight is 389 g/mol. The smallest absolute Gasteiger partial charge is 0.180 e. The zero-order valence-electron chi connectivity index (χ0n) is 16.6. The number of rotatable bonds is 3. The molecule has 3 unspecified atom stereocenters. The summed E-state index contributed by atoms with van der Waals surface area (Å²) in [7, 11) is 0. The third kappa shape index (κ3) is 3.13. The highest BCUT2D eigenvalue weighted by Crippen LogP contribution is 2.29. The lowest BCUT2D eigenvalue weighted by atomic mass is 9.99. The number of imidazole rings is 2. The second-order valence-electron chi connectivity index (χ2n) is 7.58. The van der Waals surface area contributed by atoms with Crippen LogP contribution in [0.3, 0.4) is 0 Å². The van der Waals surface area contributed by atoms with Crippen LogP contribution in [0.25, 0.3) is 17.2 Å². The molecule has 9 heteroatoms. The van der Waals surface area contributed by atoms with Crippen LogP contribution in [0.5, 0.6) is 0 Å². The fraction of sp³-hybridized carbons (Fsp3) is 0.350. The van der Waals surface area contributed by atoms with Crippen molar-refractivity contribution in [1.82, 2.24) is 39.6 Å². The molecule has 0 radical (unpaired) electrons. The third-order valence-electron chi connectivity index (χ3n) is 5.45. The number of H-pyrrole nitrogens is 1. The molecule has 9 nitrogen and oxygen atoms in total. The summed E-state index contributed by atoms with van der Waals surface area (Å²) in [5, 5.41) is 3.66. The van der Waals surface area contributed by atoms with E-state index >= 15 is 0 Å². The van der Waals surface area contributed by atoms with E-state index in [1.807, 2.05) is 36.0 Å². The first kappa shape index (κ1) is 17.7. The topological polar surface area (TPSA) is 99.9 Å². The predicted molar refractivity (Wildman–Crippen MR) is 109 cm³/mol. The average Bonchev–Trinajstić information content (AvgIpc) is 3.39. The Bertz CT molecular complexity index is 1130. The lowest BCUT2D eigenvalue weighted by Crippen LogP contribution is -2.56. The summed E-state index contributed by atoms with van der Waals surface area (Å²) in [6.07, 6.45) is 10.9. The van der Waals surface area contributed by atoms with E-state index < -0.39 is 0 Å². The normalized spacial score (nSPS) is 22.3. The first-order valence-electron chi connectivity index (χ1n) is 9.74. The van der Waals surface area contributed by atoms with E-state index in [1.54, 1.807) is 18.7 Å². The maximum Gasteiger partial charge on any atom is 0.180 e. The van der Waals surface area contributed by atoms with Crippen LogP contribution in [0.15, 0.2) is 43.4 Å². The van der Waals surface area contributed by atoms with Gasteiger partial charge < -0.3 is 15.2 Å². The first-order valence-corrected chi connectivity index (χ1v) is 9.74. The van der Waals surface area contributed by atoms with Crippen molar-refractivity contribution >= 4 is 11.5 Å².